The highest BCUT2D eigenvalue weighted by Gasteiger charge is 2.23. The van der Waals surface area contributed by atoms with Crippen LogP contribution in [0, 0.1) is 5.92 Å². The first-order valence-electron chi connectivity index (χ1n) is 7.50. The molecule has 23 heavy (non-hydrogen) atoms. The Morgan fingerprint density at radius 2 is 2.35 bits per heavy atom. The van der Waals surface area contributed by atoms with Crippen LogP contribution in [0.3, 0.4) is 0 Å². The number of aryl methyl sites for hydroxylation is 2. The summed E-state index contributed by atoms with van der Waals surface area (Å²) in [5.41, 5.74) is 1.20. The summed E-state index contributed by atoms with van der Waals surface area (Å²) in [4.78, 5) is 22.3. The van der Waals surface area contributed by atoms with Crippen molar-refractivity contribution in [1.29, 1.82) is 0 Å². The standard InChI is InChI=1S/C14H16N6OS2/c1-7-3-4-8-9(5-7)23-13-11(8)12(21)15-10(16-13)6-22-14-17-18-19-20(14)2/h7H,3-6H2,1-2H3,(H,15,16,21)/t7-/m0/s1. The van der Waals surface area contributed by atoms with E-state index in [4.69, 9.17) is 0 Å². The molecule has 0 saturated heterocycles. The molecule has 0 unspecified atom stereocenters. The first kappa shape index (κ1) is 14.8. The molecule has 1 N–H and O–H groups in total. The van der Waals surface area contributed by atoms with Crippen molar-refractivity contribution in [3.63, 3.8) is 0 Å². The third-order valence-corrected chi connectivity index (χ3v) is 6.30. The van der Waals surface area contributed by atoms with E-state index in [2.05, 4.69) is 32.4 Å². The molecular formula is C14H16N6OS2. The van der Waals surface area contributed by atoms with Gasteiger partial charge in [0.1, 0.15) is 10.7 Å². The Morgan fingerprint density at radius 1 is 1.48 bits per heavy atom. The van der Waals surface area contributed by atoms with Crippen LogP contribution in [0.25, 0.3) is 10.2 Å². The van der Waals surface area contributed by atoms with Gasteiger partial charge in [-0.25, -0.2) is 9.67 Å². The van der Waals surface area contributed by atoms with Crippen LogP contribution in [0.1, 0.15) is 29.6 Å². The third kappa shape index (κ3) is 2.67. The van der Waals surface area contributed by atoms with Gasteiger partial charge in [-0.05, 0) is 41.2 Å². The van der Waals surface area contributed by atoms with Crippen LogP contribution in [0.2, 0.25) is 0 Å². The number of fused-ring (bicyclic) bond motifs is 3. The first-order chi connectivity index (χ1) is 11.1. The molecule has 3 heterocycles. The molecule has 0 saturated carbocycles. The molecule has 0 spiro atoms. The minimum absolute atomic E-state index is 0.0197. The first-order valence-corrected chi connectivity index (χ1v) is 9.30. The van der Waals surface area contributed by atoms with E-state index in [-0.39, 0.29) is 5.56 Å². The molecule has 1 aliphatic carbocycles. The van der Waals surface area contributed by atoms with Gasteiger partial charge in [-0.1, -0.05) is 18.7 Å². The normalized spacial score (nSPS) is 17.6. The molecule has 1 aliphatic rings. The van der Waals surface area contributed by atoms with Crippen molar-refractivity contribution in [2.24, 2.45) is 13.0 Å². The molecule has 4 rings (SSSR count). The molecule has 0 fully saturated rings. The molecular weight excluding hydrogens is 332 g/mol. The van der Waals surface area contributed by atoms with E-state index < -0.39 is 0 Å². The number of aromatic nitrogens is 6. The van der Waals surface area contributed by atoms with Crippen LogP contribution in [0.15, 0.2) is 9.95 Å². The summed E-state index contributed by atoms with van der Waals surface area (Å²) in [5.74, 6) is 1.90. The van der Waals surface area contributed by atoms with Gasteiger partial charge in [-0.2, -0.15) is 0 Å². The number of nitrogens with one attached hydrogen (secondary N) is 1. The highest BCUT2D eigenvalue weighted by Crippen LogP contribution is 2.35. The zero-order valence-corrected chi connectivity index (χ0v) is 14.5. The molecule has 3 aromatic heterocycles. The minimum atomic E-state index is -0.0197. The maximum Gasteiger partial charge on any atom is 0.259 e. The van der Waals surface area contributed by atoms with E-state index >= 15 is 0 Å². The number of nitrogens with zero attached hydrogens (tertiary/aromatic N) is 5. The van der Waals surface area contributed by atoms with Crippen molar-refractivity contribution in [3.8, 4) is 0 Å². The average Bonchev–Trinajstić information content (AvgIpc) is 3.07. The van der Waals surface area contributed by atoms with Crippen molar-refractivity contribution < 1.29 is 0 Å². The highest BCUT2D eigenvalue weighted by atomic mass is 32.2. The Balaban J connectivity index is 1.67. The summed E-state index contributed by atoms with van der Waals surface area (Å²) < 4.78 is 1.60. The quantitative estimate of drug-likeness (QED) is 0.728. The van der Waals surface area contributed by atoms with Gasteiger partial charge in [-0.3, -0.25) is 4.79 Å². The van der Waals surface area contributed by atoms with Gasteiger partial charge in [0.05, 0.1) is 11.1 Å². The summed E-state index contributed by atoms with van der Waals surface area (Å²) in [6, 6.07) is 0. The predicted molar refractivity (Wildman–Crippen MR) is 89.8 cm³/mol. The molecule has 0 aliphatic heterocycles. The topological polar surface area (TPSA) is 89.3 Å². The fourth-order valence-corrected chi connectivity index (χ4v) is 5.06. The van der Waals surface area contributed by atoms with E-state index in [1.165, 1.54) is 22.2 Å². The van der Waals surface area contributed by atoms with Crippen molar-refractivity contribution in [2.75, 3.05) is 0 Å². The van der Waals surface area contributed by atoms with Crippen molar-refractivity contribution >= 4 is 33.3 Å². The van der Waals surface area contributed by atoms with E-state index in [9.17, 15) is 4.79 Å². The largest absolute Gasteiger partial charge is 0.309 e. The fraction of sp³-hybridized carbons (Fsp3) is 0.500. The Hall–Kier alpha value is -1.74. The minimum Gasteiger partial charge on any atom is -0.309 e. The van der Waals surface area contributed by atoms with Gasteiger partial charge in [0.25, 0.3) is 5.56 Å². The van der Waals surface area contributed by atoms with Gasteiger partial charge in [-0.15, -0.1) is 16.4 Å². The Labute approximate surface area is 140 Å². The molecule has 0 amide bonds. The van der Waals surface area contributed by atoms with Gasteiger partial charge in [0, 0.05) is 11.9 Å². The second-order valence-electron chi connectivity index (χ2n) is 5.92. The number of hydrogen-bond acceptors (Lipinski definition) is 7. The van der Waals surface area contributed by atoms with E-state index in [0.29, 0.717) is 22.7 Å². The Bertz CT molecular complexity index is 927. The maximum absolute atomic E-state index is 12.5. The van der Waals surface area contributed by atoms with E-state index in [1.54, 1.807) is 23.1 Å². The summed E-state index contributed by atoms with van der Waals surface area (Å²) >= 11 is 3.13. The molecule has 120 valence electrons. The second-order valence-corrected chi connectivity index (χ2v) is 7.94. The van der Waals surface area contributed by atoms with Crippen LogP contribution in [-0.4, -0.2) is 30.2 Å². The number of hydrogen-bond donors (Lipinski definition) is 1. The van der Waals surface area contributed by atoms with Gasteiger partial charge >= 0.3 is 0 Å². The van der Waals surface area contributed by atoms with E-state index in [1.807, 2.05) is 0 Å². The average molecular weight is 348 g/mol. The molecule has 0 aromatic carbocycles. The lowest BCUT2D eigenvalue weighted by atomic mass is 9.89. The van der Waals surface area contributed by atoms with Crippen LogP contribution >= 0.6 is 23.1 Å². The molecule has 0 radical (unpaired) electrons. The molecule has 1 atom stereocenters. The van der Waals surface area contributed by atoms with Crippen molar-refractivity contribution in [2.45, 2.75) is 37.1 Å². The molecule has 7 nitrogen and oxygen atoms in total. The summed E-state index contributed by atoms with van der Waals surface area (Å²) in [7, 11) is 1.79. The fourth-order valence-electron chi connectivity index (χ4n) is 2.94. The number of thiophene rings is 1. The zero-order valence-electron chi connectivity index (χ0n) is 12.9. The lowest BCUT2D eigenvalue weighted by Crippen LogP contribution is -2.14. The zero-order chi connectivity index (χ0) is 16.0. The number of H-pyrrole nitrogens is 1. The summed E-state index contributed by atoms with van der Waals surface area (Å²) in [6.45, 7) is 2.27. The van der Waals surface area contributed by atoms with Crippen LogP contribution in [0.4, 0.5) is 0 Å². The molecule has 9 heteroatoms. The highest BCUT2D eigenvalue weighted by molar-refractivity contribution is 7.98. The molecule has 0 bridgehead atoms. The van der Waals surface area contributed by atoms with Crippen LogP contribution in [0.5, 0.6) is 0 Å². The number of rotatable bonds is 3. The summed E-state index contributed by atoms with van der Waals surface area (Å²) in [6.07, 6.45) is 3.19. The number of tetrazole rings is 1. The van der Waals surface area contributed by atoms with Gasteiger partial charge in [0.2, 0.25) is 5.16 Å². The lowest BCUT2D eigenvalue weighted by molar-refractivity contribution is 0.509. The van der Waals surface area contributed by atoms with Gasteiger partial charge < -0.3 is 4.98 Å². The second kappa shape index (κ2) is 5.72. The third-order valence-electron chi connectivity index (χ3n) is 4.13. The SMILES string of the molecule is C[C@H]1CCc2c(sc3nc(CSc4nnnn4C)[nH]c(=O)c23)C1. The van der Waals surface area contributed by atoms with E-state index in [0.717, 1.165) is 29.5 Å². The lowest BCUT2D eigenvalue weighted by Gasteiger charge is -2.17. The van der Waals surface area contributed by atoms with Crippen LogP contribution in [-0.2, 0) is 25.6 Å². The summed E-state index contributed by atoms with van der Waals surface area (Å²) in [5, 5.41) is 12.8. The monoisotopic (exact) mass is 348 g/mol. The smallest absolute Gasteiger partial charge is 0.259 e. The Kier molecular flexibility index (Phi) is 3.68. The van der Waals surface area contributed by atoms with Crippen molar-refractivity contribution in [1.82, 2.24) is 30.2 Å². The van der Waals surface area contributed by atoms with Crippen LogP contribution < -0.4 is 5.56 Å². The molecule has 3 aromatic rings. The Morgan fingerprint density at radius 3 is 3.13 bits per heavy atom. The number of thioether (sulfide) groups is 1. The van der Waals surface area contributed by atoms with Gasteiger partial charge in [0.15, 0.2) is 0 Å². The number of aromatic amines is 1. The predicted octanol–water partition coefficient (Wildman–Crippen LogP) is 1.93. The maximum atomic E-state index is 12.5. The van der Waals surface area contributed by atoms with Crippen molar-refractivity contribution in [3.05, 3.63) is 26.6 Å².